The maximum atomic E-state index is 8.96. The van der Waals surface area contributed by atoms with Crippen molar-refractivity contribution in [2.45, 2.75) is 19.8 Å². The smallest absolute Gasteiger partial charge is 0.179 e. The van der Waals surface area contributed by atoms with Crippen molar-refractivity contribution in [3.05, 3.63) is 52.5 Å². The summed E-state index contributed by atoms with van der Waals surface area (Å²) in [6, 6.07) is 13.1. The van der Waals surface area contributed by atoms with Crippen LogP contribution in [0.3, 0.4) is 0 Å². The van der Waals surface area contributed by atoms with Gasteiger partial charge in [-0.3, -0.25) is 0 Å². The lowest BCUT2D eigenvalue weighted by Gasteiger charge is -2.15. The molecule has 0 unspecified atom stereocenters. The van der Waals surface area contributed by atoms with E-state index in [9.17, 15) is 0 Å². The van der Waals surface area contributed by atoms with Crippen LogP contribution in [-0.4, -0.2) is 20.3 Å². The van der Waals surface area contributed by atoms with Gasteiger partial charge in [0.1, 0.15) is 19.0 Å². The Labute approximate surface area is 147 Å². The van der Waals surface area contributed by atoms with Crippen molar-refractivity contribution in [1.82, 2.24) is 0 Å². The Morgan fingerprint density at radius 1 is 1.08 bits per heavy atom. The minimum absolute atomic E-state index is 0.314. The summed E-state index contributed by atoms with van der Waals surface area (Å²) >= 11 is 6.16. The van der Waals surface area contributed by atoms with Crippen LogP contribution in [-0.2, 0) is 0 Å². The molecule has 0 amide bonds. The molecule has 0 radical (unpaired) electrons. The van der Waals surface area contributed by atoms with Crippen LogP contribution in [0.5, 0.6) is 17.2 Å². The van der Waals surface area contributed by atoms with Gasteiger partial charge < -0.3 is 14.2 Å². The molecule has 0 aromatic heterocycles. The fraction of sp³-hybridized carbons (Fsp3) is 0.316. The van der Waals surface area contributed by atoms with E-state index in [1.807, 2.05) is 24.3 Å². The van der Waals surface area contributed by atoms with Gasteiger partial charge in [0.05, 0.1) is 23.8 Å². The van der Waals surface area contributed by atoms with E-state index in [1.54, 1.807) is 12.1 Å². The van der Waals surface area contributed by atoms with Gasteiger partial charge in [-0.05, 0) is 23.6 Å². The molecule has 0 N–H and O–H groups in total. The number of para-hydroxylation sites is 1. The normalized spacial score (nSPS) is 10.3. The predicted molar refractivity (Wildman–Crippen MR) is 94.2 cm³/mol. The van der Waals surface area contributed by atoms with E-state index in [4.69, 9.17) is 31.1 Å². The zero-order valence-corrected chi connectivity index (χ0v) is 14.8. The van der Waals surface area contributed by atoms with E-state index in [0.29, 0.717) is 41.2 Å². The van der Waals surface area contributed by atoms with E-state index < -0.39 is 0 Å². The number of rotatable bonds is 7. The summed E-state index contributed by atoms with van der Waals surface area (Å²) in [5.74, 6) is 2.09. The molecule has 2 aromatic carbocycles. The van der Waals surface area contributed by atoms with Crippen LogP contribution in [0.1, 0.15) is 30.9 Å². The lowest BCUT2D eigenvalue weighted by molar-refractivity contribution is 0.210. The monoisotopic (exact) mass is 345 g/mol. The highest BCUT2D eigenvalue weighted by Gasteiger charge is 2.12. The topological polar surface area (TPSA) is 51.5 Å². The summed E-state index contributed by atoms with van der Waals surface area (Å²) < 4.78 is 16.7. The van der Waals surface area contributed by atoms with Gasteiger partial charge in [0.15, 0.2) is 11.5 Å². The second kappa shape index (κ2) is 8.47. The highest BCUT2D eigenvalue weighted by atomic mass is 35.5. The van der Waals surface area contributed by atoms with Crippen LogP contribution < -0.4 is 14.2 Å². The molecule has 4 nitrogen and oxygen atoms in total. The number of methoxy groups -OCH3 is 1. The Bertz CT molecular complexity index is 738. The summed E-state index contributed by atoms with van der Waals surface area (Å²) in [5.41, 5.74) is 1.58. The molecular weight excluding hydrogens is 326 g/mol. The third kappa shape index (κ3) is 4.33. The number of nitrogens with zero attached hydrogens (tertiary/aromatic N) is 1. The van der Waals surface area contributed by atoms with Gasteiger partial charge in [0, 0.05) is 6.07 Å². The first-order chi connectivity index (χ1) is 11.6. The fourth-order valence-corrected chi connectivity index (χ4v) is 2.57. The van der Waals surface area contributed by atoms with Crippen molar-refractivity contribution in [2.24, 2.45) is 0 Å². The first-order valence-electron chi connectivity index (χ1n) is 7.69. The Kier molecular flexibility index (Phi) is 6.34. The Morgan fingerprint density at radius 2 is 1.79 bits per heavy atom. The van der Waals surface area contributed by atoms with Crippen molar-refractivity contribution >= 4 is 11.6 Å². The minimum atomic E-state index is 0.314. The Morgan fingerprint density at radius 3 is 2.46 bits per heavy atom. The maximum Gasteiger partial charge on any atom is 0.179 e. The largest absolute Gasteiger partial charge is 0.493 e. The molecule has 0 aliphatic carbocycles. The fourth-order valence-electron chi connectivity index (χ4n) is 2.31. The van der Waals surface area contributed by atoms with Crippen molar-refractivity contribution < 1.29 is 14.2 Å². The highest BCUT2D eigenvalue weighted by Crippen LogP contribution is 2.36. The molecule has 0 atom stereocenters. The van der Waals surface area contributed by atoms with Gasteiger partial charge in [-0.2, -0.15) is 5.26 Å². The van der Waals surface area contributed by atoms with Crippen LogP contribution in [0, 0.1) is 11.3 Å². The van der Waals surface area contributed by atoms with Gasteiger partial charge in [-0.15, -0.1) is 0 Å². The van der Waals surface area contributed by atoms with Crippen LogP contribution in [0.15, 0.2) is 36.4 Å². The van der Waals surface area contributed by atoms with E-state index >= 15 is 0 Å². The van der Waals surface area contributed by atoms with E-state index in [1.165, 1.54) is 7.11 Å². The lowest BCUT2D eigenvalue weighted by atomic mass is 10.0. The highest BCUT2D eigenvalue weighted by molar-refractivity contribution is 6.32. The van der Waals surface area contributed by atoms with Crippen LogP contribution in [0.4, 0.5) is 0 Å². The van der Waals surface area contributed by atoms with Crippen molar-refractivity contribution in [1.29, 1.82) is 5.26 Å². The van der Waals surface area contributed by atoms with Gasteiger partial charge in [-0.1, -0.05) is 43.6 Å². The molecule has 24 heavy (non-hydrogen) atoms. The SMILES string of the molecule is COc1cc(C#N)cc(Cl)c1OCCOc1ccccc1C(C)C. The summed E-state index contributed by atoms with van der Waals surface area (Å²) in [5, 5.41) is 9.30. The molecule has 0 saturated carbocycles. The second-order valence-electron chi connectivity index (χ2n) is 5.49. The van der Waals surface area contributed by atoms with E-state index in [0.717, 1.165) is 11.3 Å². The lowest BCUT2D eigenvalue weighted by Crippen LogP contribution is -2.11. The Balaban J connectivity index is 2.00. The Hall–Kier alpha value is -2.38. The number of hydrogen-bond donors (Lipinski definition) is 0. The second-order valence-corrected chi connectivity index (χ2v) is 5.90. The maximum absolute atomic E-state index is 8.96. The molecule has 0 aliphatic rings. The van der Waals surface area contributed by atoms with Gasteiger partial charge in [0.2, 0.25) is 0 Å². The summed E-state index contributed by atoms with van der Waals surface area (Å²) in [6.07, 6.45) is 0. The van der Waals surface area contributed by atoms with Gasteiger partial charge in [-0.25, -0.2) is 0 Å². The number of ether oxygens (including phenoxy) is 3. The zero-order chi connectivity index (χ0) is 17.5. The van der Waals surface area contributed by atoms with Crippen molar-refractivity contribution in [3.8, 4) is 23.3 Å². The summed E-state index contributed by atoms with van der Waals surface area (Å²) in [4.78, 5) is 0. The van der Waals surface area contributed by atoms with E-state index in [-0.39, 0.29) is 0 Å². The molecule has 0 aliphatic heterocycles. The molecular formula is C19H20ClNO3. The zero-order valence-electron chi connectivity index (χ0n) is 14.0. The van der Waals surface area contributed by atoms with Crippen LogP contribution >= 0.6 is 11.6 Å². The average Bonchev–Trinajstić information content (AvgIpc) is 2.59. The molecule has 0 spiro atoms. The van der Waals surface area contributed by atoms with E-state index in [2.05, 4.69) is 19.9 Å². The number of nitriles is 1. The van der Waals surface area contributed by atoms with Gasteiger partial charge in [0.25, 0.3) is 0 Å². The quantitative estimate of drug-likeness (QED) is 0.676. The van der Waals surface area contributed by atoms with Crippen molar-refractivity contribution in [3.63, 3.8) is 0 Å². The molecule has 0 fully saturated rings. The third-order valence-electron chi connectivity index (χ3n) is 3.49. The molecule has 5 heteroatoms. The van der Waals surface area contributed by atoms with Crippen molar-refractivity contribution in [2.75, 3.05) is 20.3 Å². The third-order valence-corrected chi connectivity index (χ3v) is 3.77. The molecule has 126 valence electrons. The molecule has 0 heterocycles. The average molecular weight is 346 g/mol. The molecule has 0 bridgehead atoms. The molecule has 2 rings (SSSR count). The minimum Gasteiger partial charge on any atom is -0.493 e. The first kappa shape index (κ1) is 18.0. The van der Waals surface area contributed by atoms with Crippen LogP contribution in [0.25, 0.3) is 0 Å². The molecule has 0 saturated heterocycles. The predicted octanol–water partition coefficient (Wildman–Crippen LogP) is 4.80. The van der Waals surface area contributed by atoms with Gasteiger partial charge >= 0.3 is 0 Å². The summed E-state index contributed by atoms with van der Waals surface area (Å²) in [6.45, 7) is 4.94. The van der Waals surface area contributed by atoms with Crippen LogP contribution in [0.2, 0.25) is 5.02 Å². The number of benzene rings is 2. The summed E-state index contributed by atoms with van der Waals surface area (Å²) in [7, 11) is 1.51. The number of hydrogen-bond acceptors (Lipinski definition) is 4. The number of halogens is 1. The molecule has 2 aromatic rings. The standard InChI is InChI=1S/C19H20ClNO3/c1-13(2)15-6-4-5-7-17(15)23-8-9-24-19-16(20)10-14(12-21)11-18(19)22-3/h4-7,10-11,13H,8-9H2,1-3H3. The first-order valence-corrected chi connectivity index (χ1v) is 8.06.